The van der Waals surface area contributed by atoms with Crippen LogP contribution in [0.15, 0.2) is 36.5 Å². The molecular formula is C22H32N4O4. The molecule has 8 nitrogen and oxygen atoms in total. The number of hydrogen-bond donors (Lipinski definition) is 2. The average Bonchev–Trinajstić information content (AvgIpc) is 3.38. The summed E-state index contributed by atoms with van der Waals surface area (Å²) in [5.41, 5.74) is 0.961. The quantitative estimate of drug-likeness (QED) is 0.741. The number of carbonyl (C=O) groups excluding carboxylic acids is 3. The fraction of sp³-hybridized carbons (Fsp3) is 0.500. The lowest BCUT2D eigenvalue weighted by molar-refractivity contribution is -0.140. The molecule has 0 saturated carbocycles. The Balaban J connectivity index is 0.000000212. The Bertz CT molecular complexity index is 835. The van der Waals surface area contributed by atoms with Crippen molar-refractivity contribution in [1.82, 2.24) is 20.1 Å². The second-order valence-electron chi connectivity index (χ2n) is 6.83. The van der Waals surface area contributed by atoms with Crippen molar-refractivity contribution in [3.05, 3.63) is 36.5 Å². The van der Waals surface area contributed by atoms with Crippen molar-refractivity contribution in [3.63, 3.8) is 0 Å². The van der Waals surface area contributed by atoms with Gasteiger partial charge in [0.1, 0.15) is 12.3 Å². The van der Waals surface area contributed by atoms with E-state index in [0.29, 0.717) is 13.0 Å². The third-order valence-corrected chi connectivity index (χ3v) is 4.91. The highest BCUT2D eigenvalue weighted by atomic mass is 16.5. The Morgan fingerprint density at radius 2 is 2.00 bits per heavy atom. The van der Waals surface area contributed by atoms with Gasteiger partial charge in [-0.1, -0.05) is 32.0 Å². The van der Waals surface area contributed by atoms with Crippen LogP contribution in [0.1, 0.15) is 33.1 Å². The first kappa shape index (κ1) is 23.6. The molecule has 1 aromatic carbocycles. The van der Waals surface area contributed by atoms with Crippen molar-refractivity contribution >= 4 is 29.1 Å². The van der Waals surface area contributed by atoms with Gasteiger partial charge in [0, 0.05) is 24.5 Å². The molecule has 2 aromatic rings. The van der Waals surface area contributed by atoms with Gasteiger partial charge in [-0.2, -0.15) is 0 Å². The predicted molar refractivity (Wildman–Crippen MR) is 117 cm³/mol. The van der Waals surface area contributed by atoms with Crippen molar-refractivity contribution < 1.29 is 19.1 Å². The first-order valence-electron chi connectivity index (χ1n) is 10.5. The minimum Gasteiger partial charge on any atom is -0.358 e. The summed E-state index contributed by atoms with van der Waals surface area (Å²) in [6.45, 7) is 5.49. The summed E-state index contributed by atoms with van der Waals surface area (Å²) in [7, 11) is 1.70. The second kappa shape index (κ2) is 12.1. The van der Waals surface area contributed by atoms with E-state index in [-0.39, 0.29) is 24.6 Å². The zero-order valence-electron chi connectivity index (χ0n) is 18.0. The summed E-state index contributed by atoms with van der Waals surface area (Å²) >= 11 is 0. The van der Waals surface area contributed by atoms with Gasteiger partial charge in [0.25, 0.3) is 0 Å². The van der Waals surface area contributed by atoms with E-state index < -0.39 is 6.04 Å². The van der Waals surface area contributed by atoms with Gasteiger partial charge in [0.05, 0.1) is 18.7 Å². The number of nitrogens with one attached hydrogen (secondary N) is 2. The van der Waals surface area contributed by atoms with Gasteiger partial charge in [-0.25, -0.2) is 0 Å². The standard InChI is InChI=1S/C11H19N3O3.C9H7NO.C2H6/c1-12-7-9(15)13-8-4-6-17-10-3-2-5-14(10)11(8)16;11-7-10-6-5-8-3-1-2-4-9(8)10;1-2/h8,10,12H,2-7H2,1H3,(H,13,15);1-7H;1-2H3/t8-,10?;;/m0../s1. The van der Waals surface area contributed by atoms with Crippen molar-refractivity contribution in [1.29, 1.82) is 0 Å². The van der Waals surface area contributed by atoms with Gasteiger partial charge in [0.2, 0.25) is 18.2 Å². The van der Waals surface area contributed by atoms with Crippen LogP contribution in [0.5, 0.6) is 0 Å². The van der Waals surface area contributed by atoms with E-state index in [1.165, 1.54) is 0 Å². The molecule has 2 aliphatic heterocycles. The zero-order chi connectivity index (χ0) is 21.9. The van der Waals surface area contributed by atoms with Crippen LogP contribution in [-0.4, -0.2) is 66.7 Å². The van der Waals surface area contributed by atoms with E-state index in [9.17, 15) is 14.4 Å². The maximum absolute atomic E-state index is 12.2. The number of benzene rings is 1. The number of ether oxygens (including phenoxy) is 1. The molecule has 0 bridgehead atoms. The van der Waals surface area contributed by atoms with Crippen molar-refractivity contribution in [2.45, 2.75) is 45.4 Å². The summed E-state index contributed by atoms with van der Waals surface area (Å²) in [5.74, 6) is -0.155. The first-order chi connectivity index (χ1) is 14.6. The van der Waals surface area contributed by atoms with Gasteiger partial charge in [0.15, 0.2) is 0 Å². The van der Waals surface area contributed by atoms with Crippen molar-refractivity contribution in [2.75, 3.05) is 26.7 Å². The molecule has 2 saturated heterocycles. The van der Waals surface area contributed by atoms with Gasteiger partial charge in [-0.05, 0) is 32.0 Å². The highest BCUT2D eigenvalue weighted by molar-refractivity contribution is 5.88. The van der Waals surface area contributed by atoms with E-state index in [2.05, 4.69) is 10.6 Å². The Morgan fingerprint density at radius 3 is 2.73 bits per heavy atom. The van der Waals surface area contributed by atoms with E-state index >= 15 is 0 Å². The SMILES string of the molecule is CC.CNCC(=O)N[C@H]1CCOC2CCCN2C1=O.O=Cn1ccc2ccccc21. The number of para-hydroxylation sites is 1. The van der Waals surface area contributed by atoms with E-state index in [0.717, 1.165) is 36.7 Å². The van der Waals surface area contributed by atoms with Gasteiger partial charge in [-0.15, -0.1) is 0 Å². The largest absolute Gasteiger partial charge is 0.358 e. The Labute approximate surface area is 177 Å². The van der Waals surface area contributed by atoms with E-state index in [1.807, 2.05) is 44.2 Å². The smallest absolute Gasteiger partial charge is 0.247 e. The normalized spacial score (nSPS) is 20.2. The third kappa shape index (κ3) is 5.90. The predicted octanol–water partition coefficient (Wildman–Crippen LogP) is 1.77. The van der Waals surface area contributed by atoms with Crippen LogP contribution in [0, 0.1) is 0 Å². The molecule has 164 valence electrons. The van der Waals surface area contributed by atoms with Crippen LogP contribution in [0.4, 0.5) is 0 Å². The number of aromatic nitrogens is 1. The summed E-state index contributed by atoms with van der Waals surface area (Å²) < 4.78 is 7.17. The van der Waals surface area contributed by atoms with Crippen LogP contribution < -0.4 is 10.6 Å². The van der Waals surface area contributed by atoms with E-state index in [4.69, 9.17) is 4.74 Å². The summed E-state index contributed by atoms with van der Waals surface area (Å²) in [4.78, 5) is 35.8. The van der Waals surface area contributed by atoms with Crippen molar-refractivity contribution in [3.8, 4) is 0 Å². The Kier molecular flexibility index (Phi) is 9.50. The van der Waals surface area contributed by atoms with Gasteiger partial charge < -0.3 is 20.3 Å². The lowest BCUT2D eigenvalue weighted by atomic mass is 10.2. The number of likely N-dealkylation sites (N-methyl/N-ethyl adjacent to an activating group) is 1. The van der Waals surface area contributed by atoms with Crippen LogP contribution in [0.25, 0.3) is 10.9 Å². The number of hydrogen-bond acceptors (Lipinski definition) is 5. The molecule has 2 N–H and O–H groups in total. The molecule has 1 aromatic heterocycles. The highest BCUT2D eigenvalue weighted by Gasteiger charge is 2.36. The van der Waals surface area contributed by atoms with Crippen LogP contribution in [-0.2, 0) is 19.1 Å². The monoisotopic (exact) mass is 416 g/mol. The second-order valence-corrected chi connectivity index (χ2v) is 6.83. The Morgan fingerprint density at radius 1 is 1.23 bits per heavy atom. The summed E-state index contributed by atoms with van der Waals surface area (Å²) in [5, 5.41) is 6.61. The third-order valence-electron chi connectivity index (χ3n) is 4.91. The lowest BCUT2D eigenvalue weighted by Gasteiger charge is -2.24. The first-order valence-corrected chi connectivity index (χ1v) is 10.5. The minimum atomic E-state index is -0.432. The fourth-order valence-corrected chi connectivity index (χ4v) is 3.54. The molecule has 3 heterocycles. The molecule has 0 radical (unpaired) electrons. The Hall–Kier alpha value is -2.71. The van der Waals surface area contributed by atoms with Crippen LogP contribution in [0.3, 0.4) is 0 Å². The number of carbonyl (C=O) groups is 3. The number of amides is 2. The van der Waals surface area contributed by atoms with Crippen LogP contribution in [0.2, 0.25) is 0 Å². The number of rotatable bonds is 4. The molecule has 8 heteroatoms. The van der Waals surface area contributed by atoms with Crippen LogP contribution >= 0.6 is 0 Å². The molecule has 2 fully saturated rings. The van der Waals surface area contributed by atoms with Gasteiger partial charge >= 0.3 is 0 Å². The summed E-state index contributed by atoms with van der Waals surface area (Å²) in [6.07, 6.45) is 4.94. The number of fused-ring (bicyclic) bond motifs is 2. The van der Waals surface area contributed by atoms with Crippen molar-refractivity contribution in [2.24, 2.45) is 0 Å². The highest BCUT2D eigenvalue weighted by Crippen LogP contribution is 2.22. The lowest BCUT2D eigenvalue weighted by Crippen LogP contribution is -2.50. The molecule has 4 rings (SSSR count). The zero-order valence-corrected chi connectivity index (χ0v) is 18.0. The molecule has 1 unspecified atom stereocenters. The molecule has 30 heavy (non-hydrogen) atoms. The number of nitrogens with zero attached hydrogens (tertiary/aromatic N) is 2. The van der Waals surface area contributed by atoms with Gasteiger partial charge in [-0.3, -0.25) is 19.0 Å². The summed E-state index contributed by atoms with van der Waals surface area (Å²) in [6, 6.07) is 9.27. The molecular weight excluding hydrogens is 384 g/mol. The maximum atomic E-state index is 12.2. The van der Waals surface area contributed by atoms with E-state index in [1.54, 1.807) is 22.7 Å². The molecule has 2 amide bonds. The topological polar surface area (TPSA) is 92.7 Å². The molecule has 2 aliphatic rings. The fourth-order valence-electron chi connectivity index (χ4n) is 3.54. The molecule has 0 spiro atoms. The molecule has 2 atom stereocenters. The maximum Gasteiger partial charge on any atom is 0.247 e. The minimum absolute atomic E-state index is 0.00514. The molecule has 0 aliphatic carbocycles. The average molecular weight is 417 g/mol.